The molecule has 2 heterocycles. The number of carbonyl (C=O) groups excluding carboxylic acids is 3. The van der Waals surface area contributed by atoms with Gasteiger partial charge in [0.2, 0.25) is 5.54 Å². The number of barbiturate groups is 1. The molecule has 0 radical (unpaired) electrons. The molecule has 0 saturated carbocycles. The summed E-state index contributed by atoms with van der Waals surface area (Å²) in [6.45, 7) is 4.19. The molecule has 2 fully saturated rings. The molecule has 3 N–H and O–H groups in total. The van der Waals surface area contributed by atoms with Gasteiger partial charge in [-0.1, -0.05) is 28.1 Å². The number of imide groups is 2. The van der Waals surface area contributed by atoms with Gasteiger partial charge in [-0.15, -0.1) is 0 Å². The zero-order chi connectivity index (χ0) is 23.4. The Morgan fingerprint density at radius 3 is 2.00 bits per heavy atom. The molecule has 0 atom stereocenters. The van der Waals surface area contributed by atoms with Gasteiger partial charge in [-0.25, -0.2) is 4.79 Å². The summed E-state index contributed by atoms with van der Waals surface area (Å²) in [5, 5.41) is 7.71. The van der Waals surface area contributed by atoms with Crippen molar-refractivity contribution in [1.29, 1.82) is 0 Å². The molecular formula is C23H26BrN5O4. The average Bonchev–Trinajstić information content (AvgIpc) is 2.81. The maximum Gasteiger partial charge on any atom is 0.328 e. The molecule has 0 unspecified atom stereocenters. The van der Waals surface area contributed by atoms with Gasteiger partial charge in [-0.05, 0) is 49.0 Å². The first-order chi connectivity index (χ1) is 15.9. The number of carbonyl (C=O) groups is 3. The van der Waals surface area contributed by atoms with Crippen LogP contribution in [0.15, 0.2) is 53.0 Å². The van der Waals surface area contributed by atoms with Gasteiger partial charge in [-0.2, -0.15) is 0 Å². The second-order valence-corrected chi connectivity index (χ2v) is 8.88. The number of rotatable bonds is 7. The van der Waals surface area contributed by atoms with Crippen molar-refractivity contribution in [1.82, 2.24) is 25.8 Å². The average molecular weight is 516 g/mol. The van der Waals surface area contributed by atoms with Gasteiger partial charge < -0.3 is 10.1 Å². The van der Waals surface area contributed by atoms with Crippen LogP contribution in [0.1, 0.15) is 5.56 Å². The molecule has 9 nitrogen and oxygen atoms in total. The van der Waals surface area contributed by atoms with Crippen LogP contribution in [0.3, 0.4) is 0 Å². The van der Waals surface area contributed by atoms with Crippen LogP contribution in [0, 0.1) is 0 Å². The predicted molar refractivity (Wildman–Crippen MR) is 126 cm³/mol. The van der Waals surface area contributed by atoms with Crippen LogP contribution in [0.5, 0.6) is 11.5 Å². The third-order valence-corrected chi connectivity index (χ3v) is 6.49. The van der Waals surface area contributed by atoms with Crippen LogP contribution in [-0.2, 0) is 15.1 Å². The summed E-state index contributed by atoms with van der Waals surface area (Å²) in [7, 11) is 1.91. The number of hydrogen-bond acceptors (Lipinski definition) is 7. The fourth-order valence-electron chi connectivity index (χ4n) is 4.23. The number of benzene rings is 2. The first-order valence-corrected chi connectivity index (χ1v) is 11.6. The Bertz CT molecular complexity index is 1000. The number of nitrogens with zero attached hydrogens (tertiary/aromatic N) is 2. The summed E-state index contributed by atoms with van der Waals surface area (Å²) in [6.07, 6.45) is 0. The summed E-state index contributed by atoms with van der Waals surface area (Å²) < 4.78 is 6.82. The molecule has 2 aromatic rings. The minimum absolute atomic E-state index is 0.483. The summed E-state index contributed by atoms with van der Waals surface area (Å²) in [4.78, 5) is 42.4. The number of hydrogen-bond donors (Lipinski definition) is 3. The van der Waals surface area contributed by atoms with Crippen LogP contribution in [0.4, 0.5) is 4.79 Å². The molecule has 33 heavy (non-hydrogen) atoms. The molecule has 0 bridgehead atoms. The number of nitrogens with one attached hydrogen (secondary N) is 3. The molecule has 174 valence electrons. The smallest absolute Gasteiger partial charge is 0.328 e. The van der Waals surface area contributed by atoms with E-state index >= 15 is 0 Å². The standard InChI is InChI=1S/C23H26BrN5O4/c1-25-10-11-28-12-14-29(15-13-28)23(20(30)26-22(32)27-21(23)31)16-2-6-18(7-3-16)33-19-8-4-17(24)5-9-19/h2-9,25H,10-15H2,1H3,(H2,26,27,30,31,32). The zero-order valence-electron chi connectivity index (χ0n) is 18.3. The lowest BCUT2D eigenvalue weighted by Crippen LogP contribution is -2.73. The Morgan fingerprint density at radius 2 is 1.45 bits per heavy atom. The number of halogens is 1. The van der Waals surface area contributed by atoms with E-state index < -0.39 is 23.4 Å². The van der Waals surface area contributed by atoms with Gasteiger partial charge in [-0.3, -0.25) is 30.0 Å². The van der Waals surface area contributed by atoms with E-state index in [-0.39, 0.29) is 0 Å². The number of urea groups is 1. The van der Waals surface area contributed by atoms with Crippen molar-refractivity contribution in [2.75, 3.05) is 46.3 Å². The van der Waals surface area contributed by atoms with Crippen molar-refractivity contribution in [2.45, 2.75) is 5.54 Å². The van der Waals surface area contributed by atoms with Crippen LogP contribution in [0.25, 0.3) is 0 Å². The molecule has 2 aliphatic heterocycles. The largest absolute Gasteiger partial charge is 0.457 e. The van der Waals surface area contributed by atoms with E-state index in [0.29, 0.717) is 43.2 Å². The Labute approximate surface area is 200 Å². The van der Waals surface area contributed by atoms with Crippen LogP contribution in [-0.4, -0.2) is 74.0 Å². The molecule has 0 spiro atoms. The lowest BCUT2D eigenvalue weighted by Gasteiger charge is -2.46. The molecule has 2 aliphatic rings. The predicted octanol–water partition coefficient (Wildman–Crippen LogP) is 1.64. The lowest BCUT2D eigenvalue weighted by molar-refractivity contribution is -0.150. The highest BCUT2D eigenvalue weighted by molar-refractivity contribution is 9.10. The van der Waals surface area contributed by atoms with Gasteiger partial charge in [0.15, 0.2) is 0 Å². The summed E-state index contributed by atoms with van der Waals surface area (Å²) >= 11 is 3.39. The first kappa shape index (κ1) is 23.4. The maximum atomic E-state index is 13.2. The van der Waals surface area contributed by atoms with Gasteiger partial charge in [0.25, 0.3) is 11.8 Å². The van der Waals surface area contributed by atoms with E-state index in [2.05, 4.69) is 36.8 Å². The van der Waals surface area contributed by atoms with Crippen molar-refractivity contribution >= 4 is 33.8 Å². The highest BCUT2D eigenvalue weighted by Crippen LogP contribution is 2.34. The second kappa shape index (κ2) is 10.0. The van der Waals surface area contributed by atoms with E-state index in [1.165, 1.54) is 0 Å². The lowest BCUT2D eigenvalue weighted by atomic mass is 9.84. The third kappa shape index (κ3) is 4.79. The van der Waals surface area contributed by atoms with Crippen LogP contribution in [0.2, 0.25) is 0 Å². The number of ether oxygens (including phenoxy) is 1. The molecular weight excluding hydrogens is 490 g/mol. The Kier molecular flexibility index (Phi) is 7.08. The maximum absolute atomic E-state index is 13.2. The Morgan fingerprint density at radius 1 is 0.909 bits per heavy atom. The summed E-state index contributed by atoms with van der Waals surface area (Å²) in [6, 6.07) is 13.5. The van der Waals surface area contributed by atoms with E-state index in [1.54, 1.807) is 24.3 Å². The molecule has 2 aromatic carbocycles. The highest BCUT2D eigenvalue weighted by atomic mass is 79.9. The second-order valence-electron chi connectivity index (χ2n) is 7.96. The van der Waals surface area contributed by atoms with Crippen molar-refractivity contribution in [2.24, 2.45) is 0 Å². The Balaban J connectivity index is 1.60. The van der Waals surface area contributed by atoms with Crippen molar-refractivity contribution in [3.05, 3.63) is 58.6 Å². The molecule has 4 amide bonds. The fourth-order valence-corrected chi connectivity index (χ4v) is 4.50. The van der Waals surface area contributed by atoms with E-state index in [4.69, 9.17) is 4.74 Å². The summed E-state index contributed by atoms with van der Waals surface area (Å²) in [5.74, 6) is -0.0408. The van der Waals surface area contributed by atoms with Crippen LogP contribution >= 0.6 is 15.9 Å². The van der Waals surface area contributed by atoms with Crippen molar-refractivity contribution < 1.29 is 19.1 Å². The number of likely N-dealkylation sites (N-methyl/N-ethyl adjacent to an activating group) is 1. The molecule has 0 aromatic heterocycles. The normalized spacial score (nSPS) is 19.2. The van der Waals surface area contributed by atoms with E-state index in [0.717, 1.165) is 17.6 Å². The van der Waals surface area contributed by atoms with Gasteiger partial charge >= 0.3 is 6.03 Å². The molecule has 2 saturated heterocycles. The third-order valence-electron chi connectivity index (χ3n) is 5.96. The molecule has 4 rings (SSSR count). The quantitative estimate of drug-likeness (QED) is 0.481. The van der Waals surface area contributed by atoms with E-state index in [1.807, 2.05) is 36.2 Å². The monoisotopic (exact) mass is 515 g/mol. The topological polar surface area (TPSA) is 103 Å². The zero-order valence-corrected chi connectivity index (χ0v) is 19.9. The van der Waals surface area contributed by atoms with Gasteiger partial charge in [0.05, 0.1) is 0 Å². The fraction of sp³-hybridized carbons (Fsp3) is 0.348. The van der Waals surface area contributed by atoms with Gasteiger partial charge in [0, 0.05) is 43.7 Å². The Hall–Kier alpha value is -2.79. The minimum atomic E-state index is -1.63. The number of piperazine rings is 1. The van der Waals surface area contributed by atoms with Crippen LogP contribution < -0.4 is 20.7 Å². The highest BCUT2D eigenvalue weighted by Gasteiger charge is 2.56. The first-order valence-electron chi connectivity index (χ1n) is 10.8. The van der Waals surface area contributed by atoms with Gasteiger partial charge in [0.1, 0.15) is 11.5 Å². The van der Waals surface area contributed by atoms with E-state index in [9.17, 15) is 14.4 Å². The SMILES string of the molecule is CNCCN1CCN(C2(c3ccc(Oc4ccc(Br)cc4)cc3)C(=O)NC(=O)NC2=O)CC1. The summed E-state index contributed by atoms with van der Waals surface area (Å²) in [5.41, 5.74) is -1.14. The molecule has 10 heteroatoms. The molecule has 0 aliphatic carbocycles. The van der Waals surface area contributed by atoms with Crippen molar-refractivity contribution in [3.8, 4) is 11.5 Å². The van der Waals surface area contributed by atoms with Crippen molar-refractivity contribution in [3.63, 3.8) is 0 Å². The minimum Gasteiger partial charge on any atom is -0.457 e. The number of amides is 4.